The third-order valence-corrected chi connectivity index (χ3v) is 3.16. The molecule has 0 saturated carbocycles. The summed E-state index contributed by atoms with van der Waals surface area (Å²) in [7, 11) is 3.31. The summed E-state index contributed by atoms with van der Waals surface area (Å²) >= 11 is 0. The van der Waals surface area contributed by atoms with Crippen molar-refractivity contribution in [1.82, 2.24) is 4.90 Å². The lowest BCUT2D eigenvalue weighted by molar-refractivity contribution is -0.132. The van der Waals surface area contributed by atoms with Crippen molar-refractivity contribution in [1.29, 1.82) is 0 Å². The lowest BCUT2D eigenvalue weighted by Gasteiger charge is -2.18. The first-order valence-electron chi connectivity index (χ1n) is 6.84. The molecule has 22 heavy (non-hydrogen) atoms. The van der Waals surface area contributed by atoms with Crippen LogP contribution in [0.15, 0.2) is 48.5 Å². The van der Waals surface area contributed by atoms with Crippen LogP contribution >= 0.6 is 0 Å². The Morgan fingerprint density at radius 1 is 1.14 bits per heavy atom. The van der Waals surface area contributed by atoms with Crippen LogP contribution in [0.5, 0.6) is 11.5 Å². The zero-order chi connectivity index (χ0) is 15.9. The van der Waals surface area contributed by atoms with E-state index in [4.69, 9.17) is 9.47 Å². The molecule has 0 aromatic heterocycles. The van der Waals surface area contributed by atoms with E-state index in [1.807, 2.05) is 24.3 Å². The summed E-state index contributed by atoms with van der Waals surface area (Å²) in [5.41, 5.74) is 0.969. The number of carbonyl (C=O) groups is 1. The normalized spacial score (nSPS) is 10.1. The molecule has 0 aliphatic rings. The van der Waals surface area contributed by atoms with Crippen LogP contribution in [-0.4, -0.2) is 31.6 Å². The van der Waals surface area contributed by atoms with E-state index in [2.05, 4.69) is 0 Å². The molecule has 2 rings (SSSR count). The summed E-state index contributed by atoms with van der Waals surface area (Å²) in [6.07, 6.45) is 0. The summed E-state index contributed by atoms with van der Waals surface area (Å²) in [6, 6.07) is 13.1. The van der Waals surface area contributed by atoms with Gasteiger partial charge in [-0.05, 0) is 42.0 Å². The van der Waals surface area contributed by atoms with Crippen molar-refractivity contribution in [2.24, 2.45) is 0 Å². The quantitative estimate of drug-likeness (QED) is 0.823. The summed E-state index contributed by atoms with van der Waals surface area (Å²) in [5, 5.41) is 0. The predicted molar refractivity (Wildman–Crippen MR) is 81.4 cm³/mol. The van der Waals surface area contributed by atoms with Gasteiger partial charge in [0, 0.05) is 13.6 Å². The molecule has 4 nitrogen and oxygen atoms in total. The van der Waals surface area contributed by atoms with E-state index in [-0.39, 0.29) is 18.3 Å². The van der Waals surface area contributed by atoms with Crippen molar-refractivity contribution in [2.75, 3.05) is 20.8 Å². The van der Waals surface area contributed by atoms with Crippen LogP contribution in [0, 0.1) is 5.82 Å². The van der Waals surface area contributed by atoms with Crippen LogP contribution in [0.4, 0.5) is 4.39 Å². The van der Waals surface area contributed by atoms with Gasteiger partial charge in [0.15, 0.2) is 6.61 Å². The van der Waals surface area contributed by atoms with Gasteiger partial charge in [-0.2, -0.15) is 0 Å². The molecule has 0 heterocycles. The molecule has 1 amide bonds. The second-order valence-electron chi connectivity index (χ2n) is 4.84. The van der Waals surface area contributed by atoms with Crippen molar-refractivity contribution in [3.63, 3.8) is 0 Å². The van der Waals surface area contributed by atoms with Crippen LogP contribution in [-0.2, 0) is 11.3 Å². The van der Waals surface area contributed by atoms with Gasteiger partial charge in [0.25, 0.3) is 5.91 Å². The van der Waals surface area contributed by atoms with Gasteiger partial charge < -0.3 is 14.4 Å². The van der Waals surface area contributed by atoms with Crippen molar-refractivity contribution in [3.8, 4) is 11.5 Å². The average molecular weight is 303 g/mol. The van der Waals surface area contributed by atoms with E-state index in [0.717, 1.165) is 11.3 Å². The summed E-state index contributed by atoms with van der Waals surface area (Å²) in [5.74, 6) is 0.714. The highest BCUT2D eigenvalue weighted by Crippen LogP contribution is 2.14. The van der Waals surface area contributed by atoms with Gasteiger partial charge in [0.2, 0.25) is 0 Å². The molecule has 0 radical (unpaired) electrons. The maximum absolute atomic E-state index is 12.8. The molecule has 2 aromatic carbocycles. The largest absolute Gasteiger partial charge is 0.497 e. The molecule has 0 aliphatic carbocycles. The molecule has 5 heteroatoms. The molecule has 0 N–H and O–H groups in total. The highest BCUT2D eigenvalue weighted by atomic mass is 19.1. The Morgan fingerprint density at radius 3 is 2.55 bits per heavy atom. The number of hydrogen-bond acceptors (Lipinski definition) is 3. The monoisotopic (exact) mass is 303 g/mol. The molecule has 2 aromatic rings. The molecule has 0 bridgehead atoms. The number of amides is 1. The number of nitrogens with zero attached hydrogens (tertiary/aromatic N) is 1. The van der Waals surface area contributed by atoms with Gasteiger partial charge in [-0.1, -0.05) is 12.1 Å². The Hall–Kier alpha value is -2.56. The third-order valence-electron chi connectivity index (χ3n) is 3.16. The topological polar surface area (TPSA) is 38.8 Å². The zero-order valence-corrected chi connectivity index (χ0v) is 12.6. The van der Waals surface area contributed by atoms with Gasteiger partial charge in [-0.15, -0.1) is 0 Å². The SMILES string of the molecule is COc1cccc(CN(C)C(=O)COc2ccc(F)cc2)c1. The maximum Gasteiger partial charge on any atom is 0.260 e. The number of ether oxygens (including phenoxy) is 2. The number of likely N-dealkylation sites (N-methyl/N-ethyl adjacent to an activating group) is 1. The van der Waals surface area contributed by atoms with Gasteiger partial charge in [0.1, 0.15) is 17.3 Å². The molecular formula is C17H18FNO3. The molecular weight excluding hydrogens is 285 g/mol. The minimum atomic E-state index is -0.339. The molecule has 0 fully saturated rings. The van der Waals surface area contributed by atoms with E-state index >= 15 is 0 Å². The smallest absolute Gasteiger partial charge is 0.260 e. The molecule has 0 unspecified atom stereocenters. The Kier molecular flexibility index (Phi) is 5.36. The van der Waals surface area contributed by atoms with Crippen LogP contribution in [0.1, 0.15) is 5.56 Å². The van der Waals surface area contributed by atoms with E-state index < -0.39 is 0 Å². The third kappa shape index (κ3) is 4.48. The van der Waals surface area contributed by atoms with E-state index in [1.165, 1.54) is 24.3 Å². The second-order valence-corrected chi connectivity index (χ2v) is 4.84. The summed E-state index contributed by atoms with van der Waals surface area (Å²) < 4.78 is 23.3. The Bertz CT molecular complexity index is 628. The maximum atomic E-state index is 12.8. The predicted octanol–water partition coefficient (Wildman–Crippen LogP) is 2.87. The van der Waals surface area contributed by atoms with Crippen molar-refractivity contribution in [3.05, 3.63) is 59.9 Å². The molecule has 0 atom stereocenters. The zero-order valence-electron chi connectivity index (χ0n) is 12.6. The Morgan fingerprint density at radius 2 is 1.86 bits per heavy atom. The first-order valence-corrected chi connectivity index (χ1v) is 6.84. The van der Waals surface area contributed by atoms with Crippen LogP contribution in [0.2, 0.25) is 0 Å². The van der Waals surface area contributed by atoms with Gasteiger partial charge in [-0.3, -0.25) is 4.79 Å². The average Bonchev–Trinajstić information content (AvgIpc) is 2.54. The summed E-state index contributed by atoms with van der Waals surface area (Å²) in [4.78, 5) is 13.6. The molecule has 116 valence electrons. The number of hydrogen-bond donors (Lipinski definition) is 0. The lowest BCUT2D eigenvalue weighted by atomic mass is 10.2. The van der Waals surface area contributed by atoms with Crippen molar-refractivity contribution in [2.45, 2.75) is 6.54 Å². The fourth-order valence-electron chi connectivity index (χ4n) is 1.92. The Balaban J connectivity index is 1.87. The standard InChI is InChI=1S/C17H18FNO3/c1-19(11-13-4-3-5-16(10-13)21-2)17(20)12-22-15-8-6-14(18)7-9-15/h3-10H,11-12H2,1-2H3. The number of carbonyl (C=O) groups excluding carboxylic acids is 1. The number of methoxy groups -OCH3 is 1. The van der Waals surface area contributed by atoms with E-state index in [9.17, 15) is 9.18 Å². The minimum absolute atomic E-state index is 0.0912. The van der Waals surface area contributed by atoms with Crippen molar-refractivity contribution >= 4 is 5.91 Å². The highest BCUT2D eigenvalue weighted by Gasteiger charge is 2.10. The molecule has 0 saturated heterocycles. The number of halogens is 1. The fraction of sp³-hybridized carbons (Fsp3) is 0.235. The van der Waals surface area contributed by atoms with Crippen LogP contribution in [0.25, 0.3) is 0 Å². The second kappa shape index (κ2) is 7.45. The minimum Gasteiger partial charge on any atom is -0.497 e. The van der Waals surface area contributed by atoms with Crippen molar-refractivity contribution < 1.29 is 18.7 Å². The molecule has 0 spiro atoms. The first kappa shape index (κ1) is 15.8. The molecule has 0 aliphatic heterocycles. The van der Waals surface area contributed by atoms with Crippen LogP contribution in [0.3, 0.4) is 0 Å². The number of benzene rings is 2. The van der Waals surface area contributed by atoms with E-state index in [1.54, 1.807) is 19.1 Å². The highest BCUT2D eigenvalue weighted by molar-refractivity contribution is 5.77. The fourth-order valence-corrected chi connectivity index (χ4v) is 1.92. The van der Waals surface area contributed by atoms with Gasteiger partial charge >= 0.3 is 0 Å². The van der Waals surface area contributed by atoms with Gasteiger partial charge in [-0.25, -0.2) is 4.39 Å². The Labute approximate surface area is 129 Å². The lowest BCUT2D eigenvalue weighted by Crippen LogP contribution is -2.30. The van der Waals surface area contributed by atoms with Gasteiger partial charge in [0.05, 0.1) is 7.11 Å². The number of rotatable bonds is 6. The van der Waals surface area contributed by atoms with Crippen LogP contribution < -0.4 is 9.47 Å². The summed E-state index contributed by atoms with van der Waals surface area (Å²) in [6.45, 7) is 0.370. The first-order chi connectivity index (χ1) is 10.6. The van der Waals surface area contributed by atoms with E-state index in [0.29, 0.717) is 12.3 Å².